The normalized spacial score (nSPS) is 31.7. The molecule has 4 saturated heterocycles. The first-order valence-electron chi connectivity index (χ1n) is 39.6. The Labute approximate surface area is 641 Å². The van der Waals surface area contributed by atoms with Crippen molar-refractivity contribution in [3.8, 4) is 0 Å². The van der Waals surface area contributed by atoms with Gasteiger partial charge in [0.15, 0.2) is 0 Å². The molecule has 7 fully saturated rings. The van der Waals surface area contributed by atoms with Crippen molar-refractivity contribution in [2.24, 2.45) is 41.4 Å². The van der Waals surface area contributed by atoms with Gasteiger partial charge in [0.25, 0.3) is 0 Å². The molecule has 0 aromatic carbocycles. The number of fused-ring (bicyclic) bond motifs is 3. The number of hydrogen-bond acceptors (Lipinski definition) is 14. The lowest BCUT2D eigenvalue weighted by Crippen LogP contribution is -2.68. The Morgan fingerprint density at radius 1 is 0.591 bits per heavy atom. The van der Waals surface area contributed by atoms with Gasteiger partial charge in [0.1, 0.15) is 72.1 Å². The molecular weight excluding hydrogens is 1460 g/mol. The van der Waals surface area contributed by atoms with E-state index in [0.29, 0.717) is 38.5 Å². The number of rotatable bonds is 14. The number of ether oxygens (including phenoxy) is 2. The van der Waals surface area contributed by atoms with Crippen LogP contribution in [0.3, 0.4) is 0 Å². The van der Waals surface area contributed by atoms with Gasteiger partial charge in [-0.15, -0.1) is 0 Å². The molecule has 2 unspecified atom stereocenters. The topological polar surface area (TPSA) is 289 Å². The predicted octanol–water partition coefficient (Wildman–Crippen LogP) is 6.20. The van der Waals surface area contributed by atoms with E-state index in [0.717, 1.165) is 24.5 Å². The molecule has 2 bridgehead atoms. The number of carbonyl (C=O) groups is 12. The molecule has 13 atom stereocenters. The van der Waals surface area contributed by atoms with E-state index in [1.54, 1.807) is 34.6 Å². The van der Waals surface area contributed by atoms with Crippen LogP contribution < -0.4 is 16.0 Å². The highest BCUT2D eigenvalue weighted by Crippen LogP contribution is 2.46. The van der Waals surface area contributed by atoms with Crippen molar-refractivity contribution in [3.05, 3.63) is 0 Å². The number of likely N-dealkylation sites (N-methyl/N-ethyl adjacent to an activating group) is 6. The van der Waals surface area contributed by atoms with Gasteiger partial charge in [-0.25, -0.2) is 8.78 Å². The zero-order valence-corrected chi connectivity index (χ0v) is 66.4. The van der Waals surface area contributed by atoms with Gasteiger partial charge in [0.05, 0.1) is 44.7 Å². The average molecular weight is 1580 g/mol. The average Bonchev–Trinajstić information content (AvgIpc) is 1.18. The maximum Gasteiger partial charge on any atom is 0.397 e. The summed E-state index contributed by atoms with van der Waals surface area (Å²) in [6, 6.07) is -11.4. The summed E-state index contributed by atoms with van der Waals surface area (Å²) in [5.74, 6) is -17.2. The van der Waals surface area contributed by atoms with E-state index in [1.807, 2.05) is 13.8 Å². The zero-order valence-electron chi connectivity index (χ0n) is 66.4. The molecule has 34 heteroatoms. The third-order valence-electron chi connectivity index (χ3n) is 24.4. The lowest BCUT2D eigenvalue weighted by Gasteiger charge is -2.46. The quantitative estimate of drug-likeness (QED) is 0.163. The highest BCUT2D eigenvalue weighted by molar-refractivity contribution is 6.01. The number of hydrogen-bond donors (Lipinski definition) is 3. The smallest absolute Gasteiger partial charge is 0.378 e. The van der Waals surface area contributed by atoms with E-state index < -0.39 is 230 Å². The molecule has 3 N–H and O–H groups in total. The van der Waals surface area contributed by atoms with Gasteiger partial charge in [0, 0.05) is 81.5 Å². The molecule has 7 aliphatic rings. The van der Waals surface area contributed by atoms with Crippen LogP contribution in [0.2, 0.25) is 0 Å². The predicted molar refractivity (Wildman–Crippen MR) is 387 cm³/mol. The summed E-state index contributed by atoms with van der Waals surface area (Å²) in [6.45, 7) is 10.9. The fraction of sp³-hybridized carbons (Fsp3) is 0.842. The van der Waals surface area contributed by atoms with Crippen molar-refractivity contribution in [3.63, 3.8) is 0 Å². The number of halogens is 8. The highest BCUT2D eigenvalue weighted by atomic mass is 19.4. The molecule has 4 heterocycles. The second-order valence-electron chi connectivity index (χ2n) is 32.6. The summed E-state index contributed by atoms with van der Waals surface area (Å²) < 4.78 is 127. The Hall–Kier alpha value is -7.00. The van der Waals surface area contributed by atoms with Crippen molar-refractivity contribution in [1.29, 1.82) is 0 Å². The SMILES string of the molecule is CCO[C@@H]1C[C@H]2C(=O)NC3(CCC3)C(=O)N(C)[C@@H]([C@H](C)CC)C(=O)N(C)[C@H](C(=O)N3CCOCC3)CC(=O)N(C)[C@@H](CC(C)C)C(=O)N[C@@H]([C@@H](C)CC)C(=O)N(C)CC(=O)N(C)[C@H]3CCCCCN(C3=O)[C@@H](CC3CCC(C(F)(F)F)CC3)C(=O)N(C)CC(=O)N[C@@H](CCC3CC(F)C(C(F)(F)F)C(F)C3)C(=O)N2C1. The van der Waals surface area contributed by atoms with Crippen molar-refractivity contribution < 1.29 is 102 Å². The van der Waals surface area contributed by atoms with E-state index >= 15 is 42.3 Å². The summed E-state index contributed by atoms with van der Waals surface area (Å²) in [4.78, 5) is 193. The Balaban J connectivity index is 1.33. The van der Waals surface area contributed by atoms with Crippen LogP contribution >= 0.6 is 0 Å². The zero-order chi connectivity index (χ0) is 81.8. The summed E-state index contributed by atoms with van der Waals surface area (Å²) in [5, 5.41) is 8.41. The molecule has 0 radical (unpaired) electrons. The number of nitrogens with one attached hydrogen (secondary N) is 3. The molecule has 3 saturated carbocycles. The van der Waals surface area contributed by atoms with Crippen LogP contribution in [-0.2, 0) is 67.0 Å². The number of amides is 12. The van der Waals surface area contributed by atoms with Crippen molar-refractivity contribution in [2.75, 3.05) is 101 Å². The molecule has 110 heavy (non-hydrogen) atoms. The van der Waals surface area contributed by atoms with E-state index in [9.17, 15) is 50.3 Å². The second kappa shape index (κ2) is 39.2. The van der Waals surface area contributed by atoms with Crippen molar-refractivity contribution >= 4 is 70.9 Å². The minimum atomic E-state index is -5.22. The van der Waals surface area contributed by atoms with Crippen LogP contribution in [0.1, 0.15) is 183 Å². The van der Waals surface area contributed by atoms with Crippen LogP contribution in [-0.4, -0.2) is 301 Å². The largest absolute Gasteiger partial charge is 0.397 e. The molecule has 0 aromatic heterocycles. The minimum absolute atomic E-state index is 0.00544. The van der Waals surface area contributed by atoms with E-state index in [1.165, 1.54) is 61.9 Å². The summed E-state index contributed by atoms with van der Waals surface area (Å²) in [7, 11) is 8.01. The second-order valence-corrected chi connectivity index (χ2v) is 32.6. The molecule has 1 spiro atoms. The third-order valence-corrected chi connectivity index (χ3v) is 24.4. The number of morpholine rings is 1. The van der Waals surface area contributed by atoms with Gasteiger partial charge in [-0.2, -0.15) is 26.3 Å². The standard InChI is InChI=1S/C76H120F8N12O14/c1-14-45(6)63-71(106)89(9)43-61(99)90(10)54-21-18-17-19-30-95(70(54)105)58(38-47-22-25-49(26-23-47)75(79,80)81)68(103)88(8)42-59(97)85-53(27-24-48-36-51(77)62(52(78)37-48)76(82,83)84)67(102)96-41-50(110-16-3)39-56(96)66(101)87-74(28-20-29-74)73(108)93(13)64(46(7)15-2)72(107)92(12)57(69(104)94-31-33-109-34-32-94)40-60(98)91(11)55(35-44(4)5)65(100)86-63/h44-58,62-64H,14-43H2,1-13H3,(H,85,97)(H,86,100)(H,87,101)/t45-,46+,47?,48?,49?,50+,51?,52?,53-,54-,55-,56-,57-,58-,62?,63-,64-/m0/s1. The molecule has 4 aliphatic heterocycles. The maximum atomic E-state index is 15.6. The summed E-state index contributed by atoms with van der Waals surface area (Å²) in [5.41, 5.74) is -1.72. The first-order chi connectivity index (χ1) is 51.6. The summed E-state index contributed by atoms with van der Waals surface area (Å²) >= 11 is 0. The molecule has 26 nitrogen and oxygen atoms in total. The van der Waals surface area contributed by atoms with Gasteiger partial charge in [-0.3, -0.25) is 57.5 Å². The van der Waals surface area contributed by atoms with Crippen LogP contribution in [0, 0.1) is 41.4 Å². The van der Waals surface area contributed by atoms with Gasteiger partial charge in [-0.05, 0) is 133 Å². The van der Waals surface area contributed by atoms with Crippen LogP contribution in [0.25, 0.3) is 0 Å². The van der Waals surface area contributed by atoms with Crippen LogP contribution in [0.15, 0.2) is 0 Å². The monoisotopic (exact) mass is 1580 g/mol. The molecule has 3 aliphatic carbocycles. The first-order valence-corrected chi connectivity index (χ1v) is 39.6. The maximum absolute atomic E-state index is 15.6. The van der Waals surface area contributed by atoms with Crippen molar-refractivity contribution in [2.45, 2.75) is 268 Å². The molecule has 12 amide bonds. The fourth-order valence-electron chi connectivity index (χ4n) is 17.1. The lowest BCUT2D eigenvalue weighted by molar-refractivity contribution is -0.219. The molecule has 624 valence electrons. The number of alkyl halides is 8. The highest BCUT2D eigenvalue weighted by Gasteiger charge is 2.56. The Morgan fingerprint density at radius 3 is 1.77 bits per heavy atom. The third kappa shape index (κ3) is 22.1. The van der Waals surface area contributed by atoms with E-state index in [-0.39, 0.29) is 123 Å². The molecule has 0 aromatic rings. The van der Waals surface area contributed by atoms with Crippen LogP contribution in [0.5, 0.6) is 0 Å². The Kier molecular flexibility index (Phi) is 32.1. The lowest BCUT2D eigenvalue weighted by atomic mass is 9.74. The van der Waals surface area contributed by atoms with Gasteiger partial charge in [0.2, 0.25) is 70.9 Å². The van der Waals surface area contributed by atoms with E-state index in [2.05, 4.69) is 16.0 Å². The Morgan fingerprint density at radius 2 is 1.21 bits per heavy atom. The van der Waals surface area contributed by atoms with Crippen molar-refractivity contribution in [1.82, 2.24) is 60.0 Å². The fourth-order valence-corrected chi connectivity index (χ4v) is 17.1. The molecular formula is C76H120F8N12O14. The number of carbonyl (C=O) groups excluding carboxylic acids is 12. The van der Waals surface area contributed by atoms with Gasteiger partial charge >= 0.3 is 12.4 Å². The summed E-state index contributed by atoms with van der Waals surface area (Å²) in [6.07, 6.45) is -17.4. The van der Waals surface area contributed by atoms with E-state index in [4.69, 9.17) is 9.47 Å². The van der Waals surface area contributed by atoms with Gasteiger partial charge in [-0.1, -0.05) is 67.2 Å². The molecule has 7 rings (SSSR count). The van der Waals surface area contributed by atoms with Crippen LogP contribution in [0.4, 0.5) is 35.1 Å². The minimum Gasteiger partial charge on any atom is -0.378 e. The Bertz CT molecular complexity index is 3220. The van der Waals surface area contributed by atoms with Gasteiger partial charge < -0.3 is 69.5 Å². The first kappa shape index (κ1) is 90.2. The number of nitrogens with zero attached hydrogens (tertiary/aromatic N) is 9.